The van der Waals surface area contributed by atoms with Gasteiger partial charge in [0.2, 0.25) is 0 Å². The predicted octanol–water partition coefficient (Wildman–Crippen LogP) is 11.0. The second-order valence-corrected chi connectivity index (χ2v) is 13.0. The molecule has 6 aromatic carbocycles. The molecule has 8 aromatic rings. The highest BCUT2D eigenvalue weighted by Crippen LogP contribution is 2.48. The van der Waals surface area contributed by atoms with E-state index in [1.165, 1.54) is 0 Å². The molecule has 8 rings (SSSR count). The van der Waals surface area contributed by atoms with E-state index in [2.05, 4.69) is 107 Å². The Morgan fingerprint density at radius 3 is 1.35 bits per heavy atom. The maximum Gasteiger partial charge on any atom is 0.133 e. The SMILES string of the molecule is COc1cc(OC)c2c(-c3ccccc3)c(-c3ccccc3)[nH]c2c1C=NCCc1c(OC)cc(OC)c2c(-c3ccccc3)c(-c3ccccc3)[nH]c12. The summed E-state index contributed by atoms with van der Waals surface area (Å²) in [5.74, 6) is 2.87. The van der Waals surface area contributed by atoms with Crippen LogP contribution in [0.5, 0.6) is 23.0 Å². The van der Waals surface area contributed by atoms with Crippen molar-refractivity contribution in [1.82, 2.24) is 9.97 Å². The monoisotopic (exact) mass is 711 g/mol. The minimum Gasteiger partial charge on any atom is -0.496 e. The summed E-state index contributed by atoms with van der Waals surface area (Å²) >= 11 is 0. The van der Waals surface area contributed by atoms with Crippen molar-refractivity contribution in [3.05, 3.63) is 145 Å². The Kier molecular flexibility index (Phi) is 9.60. The van der Waals surface area contributed by atoms with Crippen molar-refractivity contribution in [3.8, 4) is 67.8 Å². The third kappa shape index (κ3) is 6.13. The largest absolute Gasteiger partial charge is 0.496 e. The summed E-state index contributed by atoms with van der Waals surface area (Å²) in [7, 11) is 6.78. The van der Waals surface area contributed by atoms with E-state index in [1.54, 1.807) is 28.4 Å². The number of hydrogen-bond acceptors (Lipinski definition) is 5. The van der Waals surface area contributed by atoms with Crippen LogP contribution in [-0.2, 0) is 6.42 Å². The fraction of sp³-hybridized carbons (Fsp3) is 0.128. The van der Waals surface area contributed by atoms with E-state index in [0.29, 0.717) is 18.7 Å². The number of hydrogen-bond donors (Lipinski definition) is 2. The van der Waals surface area contributed by atoms with Gasteiger partial charge in [-0.3, -0.25) is 4.99 Å². The van der Waals surface area contributed by atoms with Crippen LogP contribution in [-0.4, -0.2) is 51.2 Å². The van der Waals surface area contributed by atoms with Gasteiger partial charge in [0.25, 0.3) is 0 Å². The van der Waals surface area contributed by atoms with Crippen molar-refractivity contribution < 1.29 is 18.9 Å². The number of aliphatic imine (C=N–C) groups is 1. The van der Waals surface area contributed by atoms with E-state index >= 15 is 0 Å². The number of rotatable bonds is 12. The molecule has 2 heterocycles. The second-order valence-electron chi connectivity index (χ2n) is 13.0. The summed E-state index contributed by atoms with van der Waals surface area (Å²) in [5.41, 5.74) is 12.2. The Hall–Kier alpha value is -6.73. The first-order valence-electron chi connectivity index (χ1n) is 18.0. The number of aromatic amines is 2. The van der Waals surface area contributed by atoms with Gasteiger partial charge in [0.05, 0.1) is 67.2 Å². The second kappa shape index (κ2) is 15.1. The molecule has 0 aliphatic heterocycles. The van der Waals surface area contributed by atoms with Crippen LogP contribution in [0.15, 0.2) is 138 Å². The molecule has 0 saturated carbocycles. The third-order valence-corrected chi connectivity index (χ3v) is 9.99. The average Bonchev–Trinajstić information content (AvgIpc) is 3.84. The first-order chi connectivity index (χ1) is 26.6. The summed E-state index contributed by atoms with van der Waals surface area (Å²) in [5, 5.41) is 1.98. The average molecular weight is 712 g/mol. The quantitative estimate of drug-likeness (QED) is 0.124. The standard InChI is InChI=1S/C47H41N3O4/c1-51-36-27-38(53-3)42-40(30-17-9-5-10-18-30)44(32-21-13-7-14-22-32)49-46(42)34(36)25-26-48-29-35-37(52-2)28-39(54-4)43-41(31-19-11-6-12-20-31)45(50-47(35)43)33-23-15-8-16-24-33/h5-24,27-29,49-50H,25-26H2,1-4H3. The van der Waals surface area contributed by atoms with Crippen LogP contribution >= 0.6 is 0 Å². The van der Waals surface area contributed by atoms with Gasteiger partial charge in [-0.25, -0.2) is 0 Å². The van der Waals surface area contributed by atoms with E-state index in [9.17, 15) is 0 Å². The van der Waals surface area contributed by atoms with Gasteiger partial charge in [0.15, 0.2) is 0 Å². The first kappa shape index (κ1) is 34.4. The molecule has 0 unspecified atom stereocenters. The lowest BCUT2D eigenvalue weighted by atomic mass is 9.96. The predicted molar refractivity (Wildman–Crippen MR) is 221 cm³/mol. The molecule has 0 aliphatic rings. The summed E-state index contributed by atoms with van der Waals surface area (Å²) < 4.78 is 24.0. The van der Waals surface area contributed by atoms with Gasteiger partial charge in [-0.15, -0.1) is 0 Å². The zero-order chi connectivity index (χ0) is 37.0. The van der Waals surface area contributed by atoms with Gasteiger partial charge in [0.1, 0.15) is 23.0 Å². The zero-order valence-corrected chi connectivity index (χ0v) is 30.8. The molecule has 54 heavy (non-hydrogen) atoms. The molecule has 0 fully saturated rings. The summed E-state index contributed by atoms with van der Waals surface area (Å²) in [6, 6.07) is 45.5. The van der Waals surface area contributed by atoms with Crippen LogP contribution in [0.3, 0.4) is 0 Å². The number of H-pyrrole nitrogens is 2. The maximum absolute atomic E-state index is 6.02. The molecule has 0 saturated heterocycles. The van der Waals surface area contributed by atoms with Crippen molar-refractivity contribution in [3.63, 3.8) is 0 Å². The molecule has 7 nitrogen and oxygen atoms in total. The Morgan fingerprint density at radius 2 is 0.889 bits per heavy atom. The van der Waals surface area contributed by atoms with Crippen molar-refractivity contribution in [2.75, 3.05) is 35.0 Å². The van der Waals surface area contributed by atoms with E-state index in [1.807, 2.05) is 42.6 Å². The van der Waals surface area contributed by atoms with E-state index in [4.69, 9.17) is 23.9 Å². The Bertz CT molecular complexity index is 2580. The fourth-order valence-electron chi connectivity index (χ4n) is 7.53. The number of ether oxygens (including phenoxy) is 4. The molecule has 0 radical (unpaired) electrons. The van der Waals surface area contributed by atoms with Gasteiger partial charge in [-0.2, -0.15) is 0 Å². The number of fused-ring (bicyclic) bond motifs is 2. The minimum absolute atomic E-state index is 0.493. The summed E-state index contributed by atoms with van der Waals surface area (Å²) in [4.78, 5) is 12.6. The normalized spacial score (nSPS) is 11.4. The van der Waals surface area contributed by atoms with Crippen LogP contribution in [0.1, 0.15) is 11.1 Å². The molecule has 2 aromatic heterocycles. The molecule has 268 valence electrons. The Morgan fingerprint density at radius 1 is 0.481 bits per heavy atom. The van der Waals surface area contributed by atoms with Gasteiger partial charge >= 0.3 is 0 Å². The molecule has 0 bridgehead atoms. The molecule has 0 atom stereocenters. The summed E-state index contributed by atoms with van der Waals surface area (Å²) in [6.07, 6.45) is 2.52. The van der Waals surface area contributed by atoms with Crippen molar-refractivity contribution in [2.45, 2.75) is 6.42 Å². The molecular weight excluding hydrogens is 671 g/mol. The van der Waals surface area contributed by atoms with Crippen LogP contribution in [0, 0.1) is 0 Å². The molecule has 7 heteroatoms. The highest BCUT2D eigenvalue weighted by molar-refractivity contribution is 6.14. The number of nitrogens with one attached hydrogen (secondary N) is 2. The van der Waals surface area contributed by atoms with Crippen molar-refractivity contribution in [2.24, 2.45) is 4.99 Å². The first-order valence-corrected chi connectivity index (χ1v) is 18.0. The highest BCUT2D eigenvalue weighted by atomic mass is 16.5. The van der Waals surface area contributed by atoms with E-state index < -0.39 is 0 Å². The molecule has 0 aliphatic carbocycles. The lowest BCUT2D eigenvalue weighted by Crippen LogP contribution is -2.00. The molecule has 0 amide bonds. The van der Waals surface area contributed by atoms with Crippen LogP contribution in [0.2, 0.25) is 0 Å². The van der Waals surface area contributed by atoms with Gasteiger partial charge < -0.3 is 28.9 Å². The molecule has 2 N–H and O–H groups in total. The van der Waals surface area contributed by atoms with Gasteiger partial charge in [0, 0.05) is 41.6 Å². The number of methoxy groups -OCH3 is 4. The van der Waals surface area contributed by atoms with E-state index in [-0.39, 0.29) is 0 Å². The molecular formula is C47H41N3O4. The topological polar surface area (TPSA) is 80.9 Å². The van der Waals surface area contributed by atoms with Crippen molar-refractivity contribution in [1.29, 1.82) is 0 Å². The maximum atomic E-state index is 6.02. The number of nitrogens with zero attached hydrogens (tertiary/aromatic N) is 1. The van der Waals surface area contributed by atoms with Crippen LogP contribution in [0.4, 0.5) is 0 Å². The van der Waals surface area contributed by atoms with Crippen LogP contribution < -0.4 is 18.9 Å². The van der Waals surface area contributed by atoms with E-state index in [0.717, 1.165) is 94.9 Å². The number of benzene rings is 6. The van der Waals surface area contributed by atoms with Crippen LogP contribution in [0.25, 0.3) is 66.6 Å². The lowest BCUT2D eigenvalue weighted by molar-refractivity contribution is 0.394. The number of aromatic nitrogens is 2. The van der Waals surface area contributed by atoms with Gasteiger partial charge in [-0.1, -0.05) is 121 Å². The lowest BCUT2D eigenvalue weighted by Gasteiger charge is -2.14. The third-order valence-electron chi connectivity index (χ3n) is 9.99. The van der Waals surface area contributed by atoms with Gasteiger partial charge in [-0.05, 0) is 28.7 Å². The highest BCUT2D eigenvalue weighted by Gasteiger charge is 2.25. The minimum atomic E-state index is 0.493. The zero-order valence-electron chi connectivity index (χ0n) is 30.8. The smallest absolute Gasteiger partial charge is 0.133 e. The molecule has 0 spiro atoms. The summed E-state index contributed by atoms with van der Waals surface area (Å²) in [6.45, 7) is 0.493. The Balaban J connectivity index is 1.25. The van der Waals surface area contributed by atoms with Crippen molar-refractivity contribution >= 4 is 28.0 Å². The fourth-order valence-corrected chi connectivity index (χ4v) is 7.53. The Labute approximate surface area is 314 Å².